The molecule has 0 radical (unpaired) electrons. The Morgan fingerprint density at radius 3 is 2.65 bits per heavy atom. The van der Waals surface area contributed by atoms with Crippen molar-refractivity contribution >= 4 is 11.9 Å². The minimum absolute atomic E-state index is 0.0975. The number of hydrogen-bond acceptors (Lipinski definition) is 3. The maximum absolute atomic E-state index is 12.0. The van der Waals surface area contributed by atoms with Gasteiger partial charge in [0, 0.05) is 19.5 Å². The van der Waals surface area contributed by atoms with Gasteiger partial charge in [-0.2, -0.15) is 0 Å². The van der Waals surface area contributed by atoms with Crippen LogP contribution in [0.1, 0.15) is 46.0 Å². The molecule has 0 bridgehead atoms. The summed E-state index contributed by atoms with van der Waals surface area (Å²) in [5.74, 6) is 0.296. The van der Waals surface area contributed by atoms with Crippen molar-refractivity contribution in [1.82, 2.24) is 10.6 Å². The Bertz CT molecular complexity index is 312. The number of carboxylic acid groups (broad SMARTS) is 1. The van der Waals surface area contributed by atoms with Crippen LogP contribution < -0.4 is 10.6 Å². The molecular formula is C15H28N2O3. The van der Waals surface area contributed by atoms with Gasteiger partial charge in [-0.15, -0.1) is 0 Å². The van der Waals surface area contributed by atoms with Crippen LogP contribution in [0, 0.1) is 17.8 Å². The predicted molar refractivity (Wildman–Crippen MR) is 78.4 cm³/mol. The highest BCUT2D eigenvalue weighted by Gasteiger charge is 2.21. The Morgan fingerprint density at radius 2 is 2.10 bits per heavy atom. The Hall–Kier alpha value is -1.10. The second kappa shape index (κ2) is 8.95. The monoisotopic (exact) mass is 284 g/mol. The number of carboxylic acids is 1. The maximum Gasteiger partial charge on any atom is 0.303 e. The molecule has 0 aromatic heterocycles. The fourth-order valence-corrected chi connectivity index (χ4v) is 2.72. The van der Waals surface area contributed by atoms with Gasteiger partial charge < -0.3 is 15.7 Å². The van der Waals surface area contributed by atoms with Crippen molar-refractivity contribution in [3.05, 3.63) is 0 Å². The van der Waals surface area contributed by atoms with Crippen LogP contribution in [0.5, 0.6) is 0 Å². The zero-order valence-electron chi connectivity index (χ0n) is 12.7. The Balaban J connectivity index is 2.25. The van der Waals surface area contributed by atoms with Gasteiger partial charge >= 0.3 is 5.97 Å². The van der Waals surface area contributed by atoms with Crippen LogP contribution in [-0.4, -0.2) is 36.6 Å². The molecule has 5 heteroatoms. The quantitative estimate of drug-likeness (QED) is 0.633. The van der Waals surface area contributed by atoms with E-state index in [4.69, 9.17) is 5.11 Å². The number of piperidine rings is 1. The van der Waals surface area contributed by atoms with Crippen LogP contribution in [0.3, 0.4) is 0 Å². The molecule has 1 heterocycles. The molecule has 0 aromatic carbocycles. The lowest BCUT2D eigenvalue weighted by Crippen LogP contribution is -2.41. The molecule has 20 heavy (non-hydrogen) atoms. The van der Waals surface area contributed by atoms with Gasteiger partial charge in [-0.05, 0) is 44.1 Å². The predicted octanol–water partition coefficient (Wildman–Crippen LogP) is 1.63. The highest BCUT2D eigenvalue weighted by Crippen LogP contribution is 2.20. The molecule has 0 aromatic rings. The summed E-state index contributed by atoms with van der Waals surface area (Å²) >= 11 is 0. The van der Waals surface area contributed by atoms with Crippen LogP contribution in [0.4, 0.5) is 0 Å². The fourth-order valence-electron chi connectivity index (χ4n) is 2.72. The van der Waals surface area contributed by atoms with Gasteiger partial charge in [0.1, 0.15) is 0 Å². The normalized spacial score (nSPS) is 20.6. The van der Waals surface area contributed by atoms with Crippen molar-refractivity contribution in [2.75, 3.05) is 19.6 Å². The lowest BCUT2D eigenvalue weighted by molar-refractivity contribution is -0.137. The van der Waals surface area contributed by atoms with E-state index in [1.165, 1.54) is 0 Å². The van der Waals surface area contributed by atoms with E-state index < -0.39 is 5.97 Å². The summed E-state index contributed by atoms with van der Waals surface area (Å²) in [5, 5.41) is 15.0. The van der Waals surface area contributed by atoms with Gasteiger partial charge in [-0.3, -0.25) is 9.59 Å². The first-order chi connectivity index (χ1) is 9.50. The van der Waals surface area contributed by atoms with E-state index in [9.17, 15) is 9.59 Å². The topological polar surface area (TPSA) is 78.4 Å². The Morgan fingerprint density at radius 1 is 1.35 bits per heavy atom. The molecule has 5 nitrogen and oxygen atoms in total. The van der Waals surface area contributed by atoms with Gasteiger partial charge in [0.2, 0.25) is 5.91 Å². The summed E-state index contributed by atoms with van der Waals surface area (Å²) < 4.78 is 0. The van der Waals surface area contributed by atoms with Crippen LogP contribution in [-0.2, 0) is 9.59 Å². The van der Waals surface area contributed by atoms with Crippen molar-refractivity contribution in [2.24, 2.45) is 17.8 Å². The number of nitrogens with one attached hydrogen (secondary N) is 2. The standard InChI is InChI=1S/C15H28N2O3/c1-11(2)12(5-6-14(18)19)7-9-17-15(20)13-4-3-8-16-10-13/h11-13,16H,3-10H2,1-2H3,(H,17,20)(H,18,19)/t12?,13-/m1/s1. The summed E-state index contributed by atoms with van der Waals surface area (Å²) in [5.41, 5.74) is 0. The molecule has 1 rings (SSSR count). The minimum atomic E-state index is -0.743. The van der Waals surface area contributed by atoms with E-state index in [1.807, 2.05) is 0 Å². The first kappa shape index (κ1) is 17.0. The summed E-state index contributed by atoms with van der Waals surface area (Å²) in [6, 6.07) is 0. The van der Waals surface area contributed by atoms with E-state index in [-0.39, 0.29) is 18.2 Å². The molecule has 1 aliphatic heterocycles. The SMILES string of the molecule is CC(C)C(CCNC(=O)[C@@H]1CCCNC1)CCC(=O)O. The van der Waals surface area contributed by atoms with E-state index in [0.717, 1.165) is 32.4 Å². The lowest BCUT2D eigenvalue weighted by Gasteiger charge is -2.23. The molecule has 0 spiro atoms. The summed E-state index contributed by atoms with van der Waals surface area (Å²) in [6.07, 6.45) is 3.78. The number of aliphatic carboxylic acids is 1. The van der Waals surface area contributed by atoms with Crippen molar-refractivity contribution in [3.8, 4) is 0 Å². The number of carbonyl (C=O) groups is 2. The van der Waals surface area contributed by atoms with Gasteiger partial charge in [0.15, 0.2) is 0 Å². The molecule has 116 valence electrons. The smallest absolute Gasteiger partial charge is 0.303 e. The van der Waals surface area contributed by atoms with E-state index in [1.54, 1.807) is 0 Å². The Labute approximate surface area is 121 Å². The third-order valence-electron chi connectivity index (χ3n) is 4.15. The molecule has 0 aliphatic carbocycles. The molecule has 1 amide bonds. The third kappa shape index (κ3) is 6.37. The Kier molecular flexibility index (Phi) is 7.59. The largest absolute Gasteiger partial charge is 0.481 e. The molecule has 1 fully saturated rings. The molecule has 1 unspecified atom stereocenters. The number of hydrogen-bond donors (Lipinski definition) is 3. The summed E-state index contributed by atoms with van der Waals surface area (Å²) in [7, 11) is 0. The molecule has 3 N–H and O–H groups in total. The van der Waals surface area contributed by atoms with Gasteiger partial charge in [0.25, 0.3) is 0 Å². The van der Waals surface area contributed by atoms with Gasteiger partial charge in [-0.1, -0.05) is 13.8 Å². The van der Waals surface area contributed by atoms with Crippen molar-refractivity contribution in [2.45, 2.75) is 46.0 Å². The van der Waals surface area contributed by atoms with Crippen molar-refractivity contribution in [3.63, 3.8) is 0 Å². The summed E-state index contributed by atoms with van der Waals surface area (Å²) in [6.45, 7) is 6.66. The van der Waals surface area contributed by atoms with E-state index >= 15 is 0 Å². The number of carbonyl (C=O) groups excluding carboxylic acids is 1. The highest BCUT2D eigenvalue weighted by atomic mass is 16.4. The van der Waals surface area contributed by atoms with Gasteiger partial charge in [0.05, 0.1) is 5.92 Å². The molecule has 1 saturated heterocycles. The second-order valence-electron chi connectivity index (χ2n) is 6.06. The van der Waals surface area contributed by atoms with E-state index in [2.05, 4.69) is 24.5 Å². The zero-order valence-corrected chi connectivity index (χ0v) is 12.7. The third-order valence-corrected chi connectivity index (χ3v) is 4.15. The number of amides is 1. The molecule has 1 aliphatic rings. The van der Waals surface area contributed by atoms with Crippen molar-refractivity contribution in [1.29, 1.82) is 0 Å². The van der Waals surface area contributed by atoms with E-state index in [0.29, 0.717) is 24.8 Å². The van der Waals surface area contributed by atoms with Crippen LogP contribution >= 0.6 is 0 Å². The summed E-state index contributed by atoms with van der Waals surface area (Å²) in [4.78, 5) is 22.6. The average Bonchev–Trinajstić information content (AvgIpc) is 2.42. The molecular weight excluding hydrogens is 256 g/mol. The number of rotatable bonds is 8. The van der Waals surface area contributed by atoms with Crippen LogP contribution in [0.2, 0.25) is 0 Å². The van der Waals surface area contributed by atoms with Crippen LogP contribution in [0.15, 0.2) is 0 Å². The van der Waals surface area contributed by atoms with Crippen molar-refractivity contribution < 1.29 is 14.7 Å². The van der Waals surface area contributed by atoms with Gasteiger partial charge in [-0.25, -0.2) is 0 Å². The molecule has 0 saturated carbocycles. The minimum Gasteiger partial charge on any atom is -0.481 e. The highest BCUT2D eigenvalue weighted by molar-refractivity contribution is 5.78. The lowest BCUT2D eigenvalue weighted by atomic mass is 9.88. The first-order valence-corrected chi connectivity index (χ1v) is 7.71. The van der Waals surface area contributed by atoms with Crippen LogP contribution in [0.25, 0.3) is 0 Å². The molecule has 2 atom stereocenters. The fraction of sp³-hybridized carbons (Fsp3) is 0.867. The zero-order chi connectivity index (χ0) is 15.0. The first-order valence-electron chi connectivity index (χ1n) is 7.71. The second-order valence-corrected chi connectivity index (χ2v) is 6.06. The average molecular weight is 284 g/mol. The maximum atomic E-state index is 12.0.